The topological polar surface area (TPSA) is 52.9 Å². The molecule has 7 heteroatoms. The molecule has 0 aliphatic carbocycles. The lowest BCUT2D eigenvalue weighted by Crippen LogP contribution is -2.28. The third kappa shape index (κ3) is 7.45. The standard InChI is InChI=1S/C23H32F3NO3/c1-3-4-5-6-7-11-20-21(27(2)15-22(20)29)13-12-18(28)16-30-19-10-8-9-17(14-19)23(24,25)26/h6-10,12-14,18,20-22,28-29H,3-5,11,15-16H2,1-2H3/b7-6+,13-12+. The lowest BCUT2D eigenvalue weighted by molar-refractivity contribution is -0.137. The van der Waals surface area contributed by atoms with Gasteiger partial charge in [-0.25, -0.2) is 0 Å². The summed E-state index contributed by atoms with van der Waals surface area (Å²) in [6.07, 6.45) is 5.90. The molecule has 4 nitrogen and oxygen atoms in total. The number of benzene rings is 1. The van der Waals surface area contributed by atoms with Crippen molar-refractivity contribution < 1.29 is 28.1 Å². The molecule has 0 radical (unpaired) electrons. The van der Waals surface area contributed by atoms with Crippen molar-refractivity contribution >= 4 is 0 Å². The number of allylic oxidation sites excluding steroid dienone is 2. The van der Waals surface area contributed by atoms with Gasteiger partial charge < -0.3 is 14.9 Å². The van der Waals surface area contributed by atoms with E-state index in [-0.39, 0.29) is 24.3 Å². The van der Waals surface area contributed by atoms with Crippen LogP contribution in [0, 0.1) is 5.92 Å². The number of hydrogen-bond acceptors (Lipinski definition) is 4. The first-order valence-corrected chi connectivity index (χ1v) is 10.4. The van der Waals surface area contributed by atoms with Crippen LogP contribution in [0.3, 0.4) is 0 Å². The molecule has 0 spiro atoms. The molecule has 4 unspecified atom stereocenters. The molecule has 0 amide bonds. The fraction of sp³-hybridized carbons (Fsp3) is 0.565. The zero-order chi connectivity index (χ0) is 22.1. The van der Waals surface area contributed by atoms with Crippen molar-refractivity contribution in [2.24, 2.45) is 5.92 Å². The number of nitrogens with zero attached hydrogens (tertiary/aromatic N) is 1. The molecule has 0 bridgehead atoms. The van der Waals surface area contributed by atoms with Gasteiger partial charge in [-0.15, -0.1) is 0 Å². The van der Waals surface area contributed by atoms with Crippen molar-refractivity contribution in [1.82, 2.24) is 4.90 Å². The Balaban J connectivity index is 1.90. The van der Waals surface area contributed by atoms with Crippen LogP contribution >= 0.6 is 0 Å². The van der Waals surface area contributed by atoms with Crippen molar-refractivity contribution in [3.05, 3.63) is 54.1 Å². The van der Waals surface area contributed by atoms with Crippen molar-refractivity contribution in [2.75, 3.05) is 20.2 Å². The van der Waals surface area contributed by atoms with Crippen LogP contribution in [0.4, 0.5) is 13.2 Å². The van der Waals surface area contributed by atoms with Crippen molar-refractivity contribution in [1.29, 1.82) is 0 Å². The van der Waals surface area contributed by atoms with Crippen LogP contribution in [0.2, 0.25) is 0 Å². The Kier molecular flexibility index (Phi) is 9.39. The van der Waals surface area contributed by atoms with Gasteiger partial charge in [-0.3, -0.25) is 4.90 Å². The molecule has 1 heterocycles. The first kappa shape index (κ1) is 24.4. The molecular formula is C23H32F3NO3. The molecule has 0 saturated carbocycles. The van der Waals surface area contributed by atoms with Gasteiger partial charge in [0.25, 0.3) is 0 Å². The molecule has 1 aliphatic heterocycles. The molecule has 2 N–H and O–H groups in total. The molecule has 0 aromatic heterocycles. The monoisotopic (exact) mass is 427 g/mol. The fourth-order valence-electron chi connectivity index (χ4n) is 3.63. The Bertz CT molecular complexity index is 705. The van der Waals surface area contributed by atoms with Crippen LogP contribution in [0.25, 0.3) is 0 Å². The number of β-amino-alcohol motifs (C(OH)–C–C–N with tert-alkyl or cyclic N) is 1. The largest absolute Gasteiger partial charge is 0.491 e. The molecular weight excluding hydrogens is 395 g/mol. The first-order valence-electron chi connectivity index (χ1n) is 10.4. The Hall–Kier alpha value is -1.83. The number of aliphatic hydroxyl groups excluding tert-OH is 2. The van der Waals surface area contributed by atoms with Crippen LogP contribution in [0.1, 0.15) is 38.2 Å². The smallest absolute Gasteiger partial charge is 0.416 e. The summed E-state index contributed by atoms with van der Waals surface area (Å²) in [5.41, 5.74) is -0.790. The van der Waals surface area contributed by atoms with Crippen LogP contribution in [0.5, 0.6) is 5.75 Å². The van der Waals surface area contributed by atoms with Crippen LogP contribution in [-0.4, -0.2) is 53.6 Å². The molecule has 1 aromatic carbocycles. The van der Waals surface area contributed by atoms with E-state index in [0.29, 0.717) is 6.54 Å². The SMILES string of the molecule is CCCC/C=C/CC1C(O)CN(C)C1/C=C/C(O)COc1cccc(C(F)(F)F)c1. The van der Waals surface area contributed by atoms with Crippen LogP contribution < -0.4 is 4.74 Å². The van der Waals surface area contributed by atoms with Gasteiger partial charge in [0, 0.05) is 18.5 Å². The number of alkyl halides is 3. The highest BCUT2D eigenvalue weighted by molar-refractivity contribution is 5.30. The van der Waals surface area contributed by atoms with Gasteiger partial charge >= 0.3 is 6.18 Å². The summed E-state index contributed by atoms with van der Waals surface area (Å²) in [6, 6.07) is 4.56. The van der Waals surface area contributed by atoms with Gasteiger partial charge in [0.1, 0.15) is 18.5 Å². The predicted octanol–water partition coefficient (Wildman–Crippen LogP) is 4.43. The predicted molar refractivity (Wildman–Crippen MR) is 111 cm³/mol. The summed E-state index contributed by atoms with van der Waals surface area (Å²) < 4.78 is 43.6. The van der Waals surface area contributed by atoms with Crippen molar-refractivity contribution in [3.63, 3.8) is 0 Å². The second kappa shape index (κ2) is 11.5. The van der Waals surface area contributed by atoms with E-state index in [4.69, 9.17) is 4.74 Å². The Labute approximate surface area is 176 Å². The highest BCUT2D eigenvalue weighted by Gasteiger charge is 2.36. The Morgan fingerprint density at radius 1 is 1.30 bits per heavy atom. The number of hydrogen-bond donors (Lipinski definition) is 2. The summed E-state index contributed by atoms with van der Waals surface area (Å²) in [4.78, 5) is 2.03. The lowest BCUT2D eigenvalue weighted by Gasteiger charge is -2.21. The van der Waals surface area contributed by atoms with Gasteiger partial charge in [0.05, 0.1) is 11.7 Å². The van der Waals surface area contributed by atoms with E-state index in [2.05, 4.69) is 19.1 Å². The fourth-order valence-corrected chi connectivity index (χ4v) is 3.63. The number of aliphatic hydroxyl groups is 2. The van der Waals surface area contributed by atoms with E-state index in [9.17, 15) is 23.4 Å². The summed E-state index contributed by atoms with van der Waals surface area (Å²) in [5, 5.41) is 20.5. The lowest BCUT2D eigenvalue weighted by atomic mass is 9.93. The second-order valence-electron chi connectivity index (χ2n) is 7.80. The number of likely N-dealkylation sites (N-methyl/N-ethyl adjacent to an activating group) is 1. The van der Waals surface area contributed by atoms with Gasteiger partial charge in [0.15, 0.2) is 0 Å². The van der Waals surface area contributed by atoms with E-state index in [1.54, 1.807) is 6.08 Å². The summed E-state index contributed by atoms with van der Waals surface area (Å²) in [5.74, 6) is 0.0847. The van der Waals surface area contributed by atoms with Crippen LogP contribution in [-0.2, 0) is 6.18 Å². The number of unbranched alkanes of at least 4 members (excludes halogenated alkanes) is 2. The maximum Gasteiger partial charge on any atom is 0.416 e. The quantitative estimate of drug-likeness (QED) is 0.429. The third-order valence-corrected chi connectivity index (χ3v) is 5.33. The van der Waals surface area contributed by atoms with Gasteiger partial charge in [0.2, 0.25) is 0 Å². The minimum atomic E-state index is -4.44. The summed E-state index contributed by atoms with van der Waals surface area (Å²) in [7, 11) is 1.92. The first-order chi connectivity index (χ1) is 14.2. The molecule has 1 fully saturated rings. The van der Waals surface area contributed by atoms with Crippen molar-refractivity contribution in [3.8, 4) is 5.75 Å². The van der Waals surface area contributed by atoms with Crippen molar-refractivity contribution in [2.45, 2.75) is 57.0 Å². The normalized spacial score (nSPS) is 24.2. The van der Waals surface area contributed by atoms with E-state index in [1.807, 2.05) is 18.0 Å². The second-order valence-corrected chi connectivity index (χ2v) is 7.80. The van der Waals surface area contributed by atoms with E-state index >= 15 is 0 Å². The molecule has 4 atom stereocenters. The third-order valence-electron chi connectivity index (χ3n) is 5.33. The molecule has 1 saturated heterocycles. The number of ether oxygens (including phenoxy) is 1. The maximum atomic E-state index is 12.8. The number of halogens is 3. The maximum absolute atomic E-state index is 12.8. The molecule has 168 valence electrons. The Morgan fingerprint density at radius 2 is 2.07 bits per heavy atom. The average Bonchev–Trinajstić information content (AvgIpc) is 2.96. The summed E-state index contributed by atoms with van der Waals surface area (Å²) in [6.45, 7) is 2.55. The van der Waals surface area contributed by atoms with Gasteiger partial charge in [-0.05, 0) is 38.1 Å². The zero-order valence-electron chi connectivity index (χ0n) is 17.6. The molecule has 30 heavy (non-hydrogen) atoms. The highest BCUT2D eigenvalue weighted by Crippen LogP contribution is 2.31. The Morgan fingerprint density at radius 3 is 2.77 bits per heavy atom. The van der Waals surface area contributed by atoms with Gasteiger partial charge in [-0.2, -0.15) is 13.2 Å². The van der Waals surface area contributed by atoms with E-state index in [0.717, 1.165) is 37.8 Å². The molecule has 2 rings (SSSR count). The molecule has 1 aromatic rings. The number of rotatable bonds is 10. The zero-order valence-corrected chi connectivity index (χ0v) is 17.6. The van der Waals surface area contributed by atoms with Crippen LogP contribution in [0.15, 0.2) is 48.6 Å². The van der Waals surface area contributed by atoms with E-state index < -0.39 is 23.9 Å². The van der Waals surface area contributed by atoms with Gasteiger partial charge in [-0.1, -0.05) is 50.1 Å². The van der Waals surface area contributed by atoms with E-state index in [1.165, 1.54) is 12.1 Å². The number of likely N-dealkylation sites (tertiary alicyclic amines) is 1. The average molecular weight is 428 g/mol. The molecule has 1 aliphatic rings. The highest BCUT2D eigenvalue weighted by atomic mass is 19.4. The minimum absolute atomic E-state index is 0.0284. The minimum Gasteiger partial charge on any atom is -0.491 e. The summed E-state index contributed by atoms with van der Waals surface area (Å²) >= 11 is 0.